The van der Waals surface area contributed by atoms with Gasteiger partial charge in [-0.15, -0.1) is 0 Å². The van der Waals surface area contributed by atoms with Crippen LogP contribution in [0.1, 0.15) is 29.3 Å². The zero-order valence-corrected chi connectivity index (χ0v) is 14.6. The summed E-state index contributed by atoms with van der Waals surface area (Å²) in [5.41, 5.74) is 1.41. The molecule has 0 saturated carbocycles. The third-order valence-electron chi connectivity index (χ3n) is 3.61. The number of hydrogen-bond donors (Lipinski definition) is 0. The molecule has 1 aromatic heterocycles. The van der Waals surface area contributed by atoms with Gasteiger partial charge in [-0.05, 0) is 48.4 Å². The van der Waals surface area contributed by atoms with Crippen LogP contribution in [0.25, 0.3) is 11.0 Å². The number of halogens is 1. The third kappa shape index (κ3) is 3.57. The van der Waals surface area contributed by atoms with E-state index in [9.17, 15) is 9.59 Å². The molecule has 0 N–H and O–H groups in total. The molecule has 1 heterocycles. The van der Waals surface area contributed by atoms with E-state index >= 15 is 0 Å². The van der Waals surface area contributed by atoms with Crippen LogP contribution in [0.3, 0.4) is 0 Å². The summed E-state index contributed by atoms with van der Waals surface area (Å²) in [4.78, 5) is 23.9. The normalized spacial score (nSPS) is 10.8. The lowest BCUT2D eigenvalue weighted by Crippen LogP contribution is -2.08. The smallest absolute Gasteiger partial charge is 0.343 e. The number of carbonyl (C=O) groups excluding carboxylic acids is 1. The molecule has 122 valence electrons. The van der Waals surface area contributed by atoms with Gasteiger partial charge >= 0.3 is 11.6 Å². The molecule has 0 aliphatic carbocycles. The van der Waals surface area contributed by atoms with E-state index in [-0.39, 0.29) is 0 Å². The third-order valence-corrected chi connectivity index (χ3v) is 4.14. The van der Waals surface area contributed by atoms with Crippen LogP contribution in [0.4, 0.5) is 0 Å². The number of benzene rings is 2. The molecule has 4 nitrogen and oxygen atoms in total. The number of hydrogen-bond acceptors (Lipinski definition) is 4. The van der Waals surface area contributed by atoms with E-state index in [2.05, 4.69) is 22.9 Å². The number of carbonyl (C=O) groups is 1. The van der Waals surface area contributed by atoms with Gasteiger partial charge in [-0.1, -0.05) is 29.3 Å². The molecule has 0 aliphatic heterocycles. The first kappa shape index (κ1) is 16.5. The SMILES string of the molecule is CCCc1cc(=O)oc2cc(OC(=O)c3ccc(Br)cc3)ccc12. The Kier molecular flexibility index (Phi) is 4.81. The molecule has 3 rings (SSSR count). The van der Waals surface area contributed by atoms with Crippen molar-refractivity contribution in [2.45, 2.75) is 19.8 Å². The minimum Gasteiger partial charge on any atom is -0.423 e. The molecule has 3 aromatic rings. The maximum atomic E-state index is 12.2. The van der Waals surface area contributed by atoms with Gasteiger partial charge in [0, 0.05) is 22.0 Å². The Bertz CT molecular complexity index is 942. The molecule has 24 heavy (non-hydrogen) atoms. The van der Waals surface area contributed by atoms with Crippen LogP contribution in [0.5, 0.6) is 5.75 Å². The standard InChI is InChI=1S/C19H15BrO4/c1-2-3-13-10-18(21)24-17-11-15(8-9-16(13)17)23-19(22)12-4-6-14(20)7-5-12/h4-11H,2-3H2,1H3. The first-order valence-electron chi connectivity index (χ1n) is 7.61. The highest BCUT2D eigenvalue weighted by Gasteiger charge is 2.11. The van der Waals surface area contributed by atoms with Crippen LogP contribution in [-0.4, -0.2) is 5.97 Å². The summed E-state index contributed by atoms with van der Waals surface area (Å²) in [6.07, 6.45) is 1.72. The molecule has 0 aliphatic rings. The first-order valence-corrected chi connectivity index (χ1v) is 8.40. The van der Waals surface area contributed by atoms with E-state index in [1.165, 1.54) is 6.07 Å². The number of fused-ring (bicyclic) bond motifs is 1. The van der Waals surface area contributed by atoms with Crippen molar-refractivity contribution in [1.29, 1.82) is 0 Å². The van der Waals surface area contributed by atoms with E-state index in [1.807, 2.05) is 6.07 Å². The Morgan fingerprint density at radius 2 is 1.88 bits per heavy atom. The molecule has 0 bridgehead atoms. The quantitative estimate of drug-likeness (QED) is 0.369. The van der Waals surface area contributed by atoms with Gasteiger partial charge in [0.25, 0.3) is 0 Å². The fourth-order valence-electron chi connectivity index (χ4n) is 2.50. The van der Waals surface area contributed by atoms with Crippen LogP contribution < -0.4 is 10.4 Å². The molecular formula is C19H15BrO4. The van der Waals surface area contributed by atoms with Crippen molar-refractivity contribution in [2.75, 3.05) is 0 Å². The molecule has 0 unspecified atom stereocenters. The summed E-state index contributed by atoms with van der Waals surface area (Å²) >= 11 is 3.32. The minimum atomic E-state index is -0.464. The minimum absolute atomic E-state index is 0.340. The molecule has 0 spiro atoms. The Morgan fingerprint density at radius 1 is 1.12 bits per heavy atom. The van der Waals surface area contributed by atoms with Crippen molar-refractivity contribution in [1.82, 2.24) is 0 Å². The van der Waals surface area contributed by atoms with E-state index < -0.39 is 11.6 Å². The average Bonchev–Trinajstić information content (AvgIpc) is 2.55. The average molecular weight is 387 g/mol. The van der Waals surface area contributed by atoms with Gasteiger partial charge in [-0.25, -0.2) is 9.59 Å². The topological polar surface area (TPSA) is 56.5 Å². The Hall–Kier alpha value is -2.40. The lowest BCUT2D eigenvalue weighted by atomic mass is 10.1. The second kappa shape index (κ2) is 7.01. The lowest BCUT2D eigenvalue weighted by molar-refractivity contribution is 0.0735. The van der Waals surface area contributed by atoms with E-state index in [4.69, 9.17) is 9.15 Å². The van der Waals surface area contributed by atoms with Crippen LogP contribution in [0.2, 0.25) is 0 Å². The number of ether oxygens (including phenoxy) is 1. The van der Waals surface area contributed by atoms with Crippen molar-refractivity contribution in [3.05, 3.63) is 74.6 Å². The molecule has 5 heteroatoms. The Labute approximate surface area is 147 Å². The van der Waals surface area contributed by atoms with Gasteiger partial charge in [-0.3, -0.25) is 0 Å². The van der Waals surface area contributed by atoms with Crippen molar-refractivity contribution in [3.63, 3.8) is 0 Å². The highest BCUT2D eigenvalue weighted by Crippen LogP contribution is 2.24. The van der Waals surface area contributed by atoms with Gasteiger partial charge < -0.3 is 9.15 Å². The van der Waals surface area contributed by atoms with E-state index in [0.29, 0.717) is 16.9 Å². The molecule has 2 aromatic carbocycles. The fourth-order valence-corrected chi connectivity index (χ4v) is 2.77. The highest BCUT2D eigenvalue weighted by molar-refractivity contribution is 9.10. The van der Waals surface area contributed by atoms with Gasteiger partial charge in [0.15, 0.2) is 0 Å². The van der Waals surface area contributed by atoms with Crippen molar-refractivity contribution in [2.24, 2.45) is 0 Å². The second-order valence-corrected chi connectivity index (χ2v) is 6.31. The summed E-state index contributed by atoms with van der Waals surface area (Å²) in [7, 11) is 0. The van der Waals surface area contributed by atoms with Gasteiger partial charge in [0.1, 0.15) is 11.3 Å². The van der Waals surface area contributed by atoms with Crippen molar-refractivity contribution >= 4 is 32.9 Å². The summed E-state index contributed by atoms with van der Waals surface area (Å²) in [6, 6.07) is 13.5. The van der Waals surface area contributed by atoms with Crippen LogP contribution in [-0.2, 0) is 6.42 Å². The van der Waals surface area contributed by atoms with Gasteiger partial charge in [0.2, 0.25) is 0 Å². The number of esters is 1. The molecule has 0 saturated heterocycles. The number of rotatable bonds is 4. The van der Waals surface area contributed by atoms with Gasteiger partial charge in [0.05, 0.1) is 5.56 Å². The first-order chi connectivity index (χ1) is 11.6. The molecule has 0 radical (unpaired) electrons. The Balaban J connectivity index is 1.92. The predicted octanol–water partition coefficient (Wildman–Crippen LogP) is 4.73. The maximum absolute atomic E-state index is 12.2. The van der Waals surface area contributed by atoms with Crippen molar-refractivity contribution in [3.8, 4) is 5.75 Å². The van der Waals surface area contributed by atoms with Crippen LogP contribution >= 0.6 is 15.9 Å². The molecule has 0 atom stereocenters. The van der Waals surface area contributed by atoms with E-state index in [0.717, 1.165) is 28.3 Å². The van der Waals surface area contributed by atoms with Crippen LogP contribution in [0.15, 0.2) is 62.2 Å². The highest BCUT2D eigenvalue weighted by atomic mass is 79.9. The Morgan fingerprint density at radius 3 is 2.58 bits per heavy atom. The lowest BCUT2D eigenvalue weighted by Gasteiger charge is -2.07. The molecule has 0 amide bonds. The van der Waals surface area contributed by atoms with Crippen molar-refractivity contribution < 1.29 is 13.9 Å². The zero-order valence-electron chi connectivity index (χ0n) is 13.0. The summed E-state index contributed by atoms with van der Waals surface area (Å²) in [6.45, 7) is 2.05. The van der Waals surface area contributed by atoms with E-state index in [1.54, 1.807) is 36.4 Å². The second-order valence-electron chi connectivity index (χ2n) is 5.40. The van der Waals surface area contributed by atoms with Gasteiger partial charge in [-0.2, -0.15) is 0 Å². The fraction of sp³-hybridized carbons (Fsp3) is 0.158. The largest absolute Gasteiger partial charge is 0.423 e. The molecule has 0 fully saturated rings. The summed E-state index contributed by atoms with van der Waals surface area (Å²) in [5.74, 6) is -0.124. The summed E-state index contributed by atoms with van der Waals surface area (Å²) in [5, 5.41) is 0.861. The zero-order chi connectivity index (χ0) is 17.1. The monoisotopic (exact) mass is 386 g/mol. The predicted molar refractivity (Wildman–Crippen MR) is 95.6 cm³/mol. The van der Waals surface area contributed by atoms with Crippen LogP contribution in [0, 0.1) is 0 Å². The number of aryl methyl sites for hydroxylation is 1. The maximum Gasteiger partial charge on any atom is 0.343 e. The molecular weight excluding hydrogens is 372 g/mol. The summed E-state index contributed by atoms with van der Waals surface area (Å²) < 4.78 is 11.5.